The Labute approximate surface area is 140 Å². The quantitative estimate of drug-likeness (QED) is 0.904. The van der Waals surface area contributed by atoms with Gasteiger partial charge in [-0.15, -0.1) is 0 Å². The highest BCUT2D eigenvalue weighted by Crippen LogP contribution is 2.22. The second kappa shape index (κ2) is 7.40. The second-order valence-corrected chi connectivity index (χ2v) is 6.11. The van der Waals surface area contributed by atoms with Gasteiger partial charge in [0.15, 0.2) is 0 Å². The summed E-state index contributed by atoms with van der Waals surface area (Å²) in [7, 11) is 0. The molecule has 0 aliphatic carbocycles. The summed E-state index contributed by atoms with van der Waals surface area (Å²) in [6.45, 7) is 6.81. The monoisotopic (exact) mass is 330 g/mol. The Hall–Kier alpha value is -1.80. The molecular formula is C17H22N4O3. The third kappa shape index (κ3) is 3.64. The maximum atomic E-state index is 5.64. The molecule has 24 heavy (non-hydrogen) atoms. The van der Waals surface area contributed by atoms with Crippen molar-refractivity contribution in [2.24, 2.45) is 0 Å². The van der Waals surface area contributed by atoms with E-state index in [4.69, 9.17) is 14.0 Å². The van der Waals surface area contributed by atoms with Crippen LogP contribution in [0.15, 0.2) is 28.8 Å². The average Bonchev–Trinajstić information content (AvgIpc) is 3.14. The molecule has 1 N–H and O–H groups in total. The fourth-order valence-electron chi connectivity index (χ4n) is 2.98. The van der Waals surface area contributed by atoms with Gasteiger partial charge in [0.1, 0.15) is 6.10 Å². The van der Waals surface area contributed by atoms with Crippen LogP contribution >= 0.6 is 0 Å². The summed E-state index contributed by atoms with van der Waals surface area (Å²) in [6.07, 6.45) is -0.152. The highest BCUT2D eigenvalue weighted by atomic mass is 16.5. The molecule has 7 nitrogen and oxygen atoms in total. The minimum Gasteiger partial charge on any atom is -0.379 e. The molecule has 2 aromatic rings. The summed E-state index contributed by atoms with van der Waals surface area (Å²) in [5.74, 6) is 1.15. The van der Waals surface area contributed by atoms with Crippen molar-refractivity contribution in [3.63, 3.8) is 0 Å². The van der Waals surface area contributed by atoms with Gasteiger partial charge in [0, 0.05) is 38.3 Å². The van der Waals surface area contributed by atoms with Crippen molar-refractivity contribution in [2.45, 2.75) is 12.6 Å². The van der Waals surface area contributed by atoms with Crippen molar-refractivity contribution >= 4 is 0 Å². The van der Waals surface area contributed by atoms with E-state index in [1.54, 1.807) is 0 Å². The smallest absolute Gasteiger partial charge is 0.257 e. The molecule has 128 valence electrons. The Bertz CT molecular complexity index is 646. The lowest BCUT2D eigenvalue weighted by molar-refractivity contribution is 0.00755. The van der Waals surface area contributed by atoms with Gasteiger partial charge in [0.2, 0.25) is 5.82 Å². The molecule has 0 bridgehead atoms. The lowest BCUT2D eigenvalue weighted by atomic mass is 10.1. The molecule has 7 heteroatoms. The van der Waals surface area contributed by atoms with E-state index in [1.165, 1.54) is 5.56 Å². The fraction of sp³-hybridized carbons (Fsp3) is 0.529. The highest BCUT2D eigenvalue weighted by molar-refractivity contribution is 5.54. The Morgan fingerprint density at radius 2 is 1.96 bits per heavy atom. The Balaban J connectivity index is 1.41. The van der Waals surface area contributed by atoms with E-state index in [0.717, 1.165) is 45.0 Å². The van der Waals surface area contributed by atoms with Crippen LogP contribution in [0, 0.1) is 0 Å². The van der Waals surface area contributed by atoms with Gasteiger partial charge < -0.3 is 19.3 Å². The molecule has 2 aliphatic rings. The van der Waals surface area contributed by atoms with Crippen molar-refractivity contribution in [3.8, 4) is 11.4 Å². The average molecular weight is 330 g/mol. The summed E-state index contributed by atoms with van der Waals surface area (Å²) in [4.78, 5) is 6.88. The third-order valence-electron chi connectivity index (χ3n) is 4.37. The van der Waals surface area contributed by atoms with Crippen LogP contribution in [-0.2, 0) is 16.0 Å². The number of ether oxygens (including phenoxy) is 2. The van der Waals surface area contributed by atoms with E-state index in [9.17, 15) is 0 Å². The largest absolute Gasteiger partial charge is 0.379 e. The van der Waals surface area contributed by atoms with Crippen LogP contribution in [0.2, 0.25) is 0 Å². The zero-order chi connectivity index (χ0) is 16.2. The van der Waals surface area contributed by atoms with Gasteiger partial charge in [-0.05, 0) is 5.56 Å². The Morgan fingerprint density at radius 1 is 1.12 bits per heavy atom. The summed E-state index contributed by atoms with van der Waals surface area (Å²) in [5, 5.41) is 7.35. The van der Waals surface area contributed by atoms with Crippen LogP contribution in [0.4, 0.5) is 0 Å². The predicted octanol–water partition coefficient (Wildman–Crippen LogP) is 1.23. The van der Waals surface area contributed by atoms with Gasteiger partial charge in [-0.25, -0.2) is 0 Å². The zero-order valence-corrected chi connectivity index (χ0v) is 13.6. The lowest BCUT2D eigenvalue weighted by Crippen LogP contribution is -2.35. The van der Waals surface area contributed by atoms with Crippen LogP contribution < -0.4 is 5.32 Å². The van der Waals surface area contributed by atoms with Crippen molar-refractivity contribution in [3.05, 3.63) is 35.7 Å². The SMILES string of the molecule is c1cc(-c2noc([C@@H]3CNCCO3)n2)ccc1CN1CCOCC1. The molecule has 1 aromatic heterocycles. The minimum atomic E-state index is -0.152. The Kier molecular flexibility index (Phi) is 4.84. The van der Waals surface area contributed by atoms with Gasteiger partial charge in [-0.2, -0.15) is 4.98 Å². The molecular weight excluding hydrogens is 308 g/mol. The second-order valence-electron chi connectivity index (χ2n) is 6.11. The fourth-order valence-corrected chi connectivity index (χ4v) is 2.98. The normalized spacial score (nSPS) is 22.6. The lowest BCUT2D eigenvalue weighted by Gasteiger charge is -2.26. The Morgan fingerprint density at radius 3 is 2.71 bits per heavy atom. The van der Waals surface area contributed by atoms with Gasteiger partial charge in [0.05, 0.1) is 19.8 Å². The standard InChI is InChI=1S/C17H22N4O3/c1-3-14(4-2-13(1)12-21-6-9-22-10-7-21)16-19-17(24-20-16)15-11-18-5-8-23-15/h1-4,15,18H,5-12H2/t15-/m0/s1. The number of benzene rings is 1. The van der Waals surface area contributed by atoms with E-state index in [0.29, 0.717) is 24.9 Å². The number of nitrogens with one attached hydrogen (secondary N) is 1. The van der Waals surface area contributed by atoms with E-state index in [1.807, 2.05) is 12.1 Å². The number of hydrogen-bond acceptors (Lipinski definition) is 7. The van der Waals surface area contributed by atoms with Crippen molar-refractivity contribution < 1.29 is 14.0 Å². The molecule has 1 aromatic carbocycles. The number of rotatable bonds is 4. The molecule has 2 aliphatic heterocycles. The molecule has 2 fully saturated rings. The van der Waals surface area contributed by atoms with Crippen LogP contribution in [0.5, 0.6) is 0 Å². The zero-order valence-electron chi connectivity index (χ0n) is 13.6. The maximum Gasteiger partial charge on any atom is 0.257 e. The summed E-state index contributed by atoms with van der Waals surface area (Å²) in [5.41, 5.74) is 2.24. The van der Waals surface area contributed by atoms with E-state index in [2.05, 4.69) is 32.5 Å². The number of morpholine rings is 2. The molecule has 0 radical (unpaired) electrons. The van der Waals surface area contributed by atoms with E-state index in [-0.39, 0.29) is 6.10 Å². The van der Waals surface area contributed by atoms with Crippen LogP contribution in [0.1, 0.15) is 17.6 Å². The molecule has 0 saturated carbocycles. The molecule has 1 atom stereocenters. The highest BCUT2D eigenvalue weighted by Gasteiger charge is 2.22. The van der Waals surface area contributed by atoms with Crippen LogP contribution in [0.3, 0.4) is 0 Å². The number of aromatic nitrogens is 2. The first-order valence-corrected chi connectivity index (χ1v) is 8.44. The minimum absolute atomic E-state index is 0.152. The topological polar surface area (TPSA) is 72.7 Å². The molecule has 3 heterocycles. The molecule has 4 rings (SSSR count). The van der Waals surface area contributed by atoms with Gasteiger partial charge in [0.25, 0.3) is 5.89 Å². The van der Waals surface area contributed by atoms with Gasteiger partial charge in [-0.1, -0.05) is 29.4 Å². The third-order valence-corrected chi connectivity index (χ3v) is 4.37. The maximum absolute atomic E-state index is 5.64. The molecule has 2 saturated heterocycles. The van der Waals surface area contributed by atoms with Gasteiger partial charge in [-0.3, -0.25) is 4.90 Å². The summed E-state index contributed by atoms with van der Waals surface area (Å²) >= 11 is 0. The van der Waals surface area contributed by atoms with Crippen LogP contribution in [0.25, 0.3) is 11.4 Å². The first kappa shape index (κ1) is 15.7. The van der Waals surface area contributed by atoms with E-state index < -0.39 is 0 Å². The number of hydrogen-bond donors (Lipinski definition) is 1. The van der Waals surface area contributed by atoms with Crippen molar-refractivity contribution in [2.75, 3.05) is 46.0 Å². The molecule has 0 unspecified atom stereocenters. The predicted molar refractivity (Wildman–Crippen MR) is 87.4 cm³/mol. The summed E-state index contributed by atoms with van der Waals surface area (Å²) in [6, 6.07) is 8.34. The first-order valence-electron chi connectivity index (χ1n) is 8.44. The van der Waals surface area contributed by atoms with E-state index >= 15 is 0 Å². The molecule has 0 spiro atoms. The summed E-state index contributed by atoms with van der Waals surface area (Å²) < 4.78 is 16.4. The van der Waals surface area contributed by atoms with Crippen molar-refractivity contribution in [1.82, 2.24) is 20.4 Å². The first-order chi connectivity index (χ1) is 11.9. The molecule has 0 amide bonds. The van der Waals surface area contributed by atoms with Crippen LogP contribution in [-0.4, -0.2) is 61.0 Å². The van der Waals surface area contributed by atoms with Gasteiger partial charge >= 0.3 is 0 Å². The van der Waals surface area contributed by atoms with Crippen molar-refractivity contribution in [1.29, 1.82) is 0 Å². The number of nitrogens with zero attached hydrogens (tertiary/aromatic N) is 3.